The predicted molar refractivity (Wildman–Crippen MR) is 69.3 cm³/mol. The molecule has 1 heterocycles. The molecule has 1 N–H and O–H groups in total. The Labute approximate surface area is 101 Å². The van der Waals surface area contributed by atoms with E-state index in [-0.39, 0.29) is 0 Å². The molecule has 1 aromatic rings. The number of hydrogen-bond acceptors (Lipinski definition) is 5. The van der Waals surface area contributed by atoms with E-state index in [1.165, 1.54) is 0 Å². The van der Waals surface area contributed by atoms with Crippen LogP contribution in [0.5, 0.6) is 5.88 Å². The minimum atomic E-state index is 0.409. The van der Waals surface area contributed by atoms with Gasteiger partial charge in [0, 0.05) is 24.1 Å². The molecule has 0 bridgehead atoms. The van der Waals surface area contributed by atoms with Crippen molar-refractivity contribution in [3.8, 4) is 5.88 Å². The van der Waals surface area contributed by atoms with Gasteiger partial charge in [-0.3, -0.25) is 0 Å². The fourth-order valence-electron chi connectivity index (χ4n) is 1.29. The van der Waals surface area contributed by atoms with E-state index in [1.807, 2.05) is 18.7 Å². The molecule has 0 saturated carbocycles. The highest BCUT2D eigenvalue weighted by Gasteiger charge is 2.07. The Morgan fingerprint density at radius 3 is 2.94 bits per heavy atom. The van der Waals surface area contributed by atoms with Crippen LogP contribution in [-0.2, 0) is 0 Å². The molecule has 0 aliphatic carbocycles. The fourth-order valence-corrected chi connectivity index (χ4v) is 2.01. The second-order valence-corrected chi connectivity index (χ2v) is 4.27. The highest BCUT2D eigenvalue weighted by Crippen LogP contribution is 2.11. The summed E-state index contributed by atoms with van der Waals surface area (Å²) in [5.74, 6) is 2.32. The van der Waals surface area contributed by atoms with E-state index in [2.05, 4.69) is 28.5 Å². The first-order valence-corrected chi connectivity index (χ1v) is 6.90. The maximum atomic E-state index is 5.33. The summed E-state index contributed by atoms with van der Waals surface area (Å²) >= 11 is 1.82. The fraction of sp³-hybridized carbons (Fsp3) is 0.636. The average Bonchev–Trinajstić information content (AvgIpc) is 2.29. The second kappa shape index (κ2) is 7.33. The average molecular weight is 241 g/mol. The van der Waals surface area contributed by atoms with Gasteiger partial charge in [0.2, 0.25) is 11.8 Å². The summed E-state index contributed by atoms with van der Waals surface area (Å²) in [5.41, 5.74) is 0. The third-order valence-corrected chi connectivity index (χ3v) is 2.85. The van der Waals surface area contributed by atoms with Crippen molar-refractivity contribution in [3.05, 3.63) is 12.3 Å². The number of aromatic nitrogens is 2. The van der Waals surface area contributed by atoms with Gasteiger partial charge in [-0.05, 0) is 19.6 Å². The summed E-state index contributed by atoms with van der Waals surface area (Å²) in [6, 6.07) is 2.18. The Morgan fingerprint density at radius 2 is 2.31 bits per heavy atom. The van der Waals surface area contributed by atoms with Crippen molar-refractivity contribution in [1.29, 1.82) is 0 Å². The molecule has 0 amide bonds. The third-order valence-electron chi connectivity index (χ3n) is 2.12. The molecule has 0 radical (unpaired) electrons. The molecular formula is C11H19N3OS. The Bertz CT molecular complexity index is 309. The summed E-state index contributed by atoms with van der Waals surface area (Å²) in [6.07, 6.45) is 4.87. The van der Waals surface area contributed by atoms with Crippen LogP contribution in [-0.4, -0.2) is 34.6 Å². The van der Waals surface area contributed by atoms with Crippen LogP contribution in [0.4, 0.5) is 5.95 Å². The van der Waals surface area contributed by atoms with Crippen LogP contribution in [0.15, 0.2) is 12.3 Å². The van der Waals surface area contributed by atoms with Crippen molar-refractivity contribution in [3.63, 3.8) is 0 Å². The zero-order valence-electron chi connectivity index (χ0n) is 10.1. The van der Waals surface area contributed by atoms with Crippen LogP contribution in [0.3, 0.4) is 0 Å². The number of nitrogens with one attached hydrogen (secondary N) is 1. The molecule has 0 fully saturated rings. The van der Waals surface area contributed by atoms with Crippen molar-refractivity contribution < 1.29 is 4.74 Å². The number of anilines is 1. The first-order chi connectivity index (χ1) is 7.80. The first kappa shape index (κ1) is 13.1. The van der Waals surface area contributed by atoms with E-state index in [9.17, 15) is 0 Å². The van der Waals surface area contributed by atoms with E-state index in [4.69, 9.17) is 4.74 Å². The standard InChI is InChI=1S/C11H19N3OS/c1-4-9(8-16-3)13-11-12-7-6-10(14-11)15-5-2/h6-7,9H,4-5,8H2,1-3H3,(H,12,13,14). The molecule has 0 aliphatic rings. The van der Waals surface area contributed by atoms with Gasteiger partial charge < -0.3 is 10.1 Å². The molecule has 1 rings (SSSR count). The Kier molecular flexibility index (Phi) is 6.00. The van der Waals surface area contributed by atoms with Crippen LogP contribution in [0.25, 0.3) is 0 Å². The summed E-state index contributed by atoms with van der Waals surface area (Å²) < 4.78 is 5.33. The van der Waals surface area contributed by atoms with Crippen molar-refractivity contribution in [2.75, 3.05) is 23.9 Å². The first-order valence-electron chi connectivity index (χ1n) is 5.51. The topological polar surface area (TPSA) is 47.0 Å². The van der Waals surface area contributed by atoms with E-state index in [1.54, 1.807) is 12.3 Å². The van der Waals surface area contributed by atoms with E-state index in [0.29, 0.717) is 24.5 Å². The van der Waals surface area contributed by atoms with Gasteiger partial charge in [0.25, 0.3) is 0 Å². The summed E-state index contributed by atoms with van der Waals surface area (Å²) in [7, 11) is 0. The zero-order chi connectivity index (χ0) is 11.8. The van der Waals surface area contributed by atoms with Crippen LogP contribution < -0.4 is 10.1 Å². The minimum Gasteiger partial charge on any atom is -0.478 e. The lowest BCUT2D eigenvalue weighted by Gasteiger charge is -2.15. The highest BCUT2D eigenvalue weighted by molar-refractivity contribution is 7.98. The predicted octanol–water partition coefficient (Wildman–Crippen LogP) is 2.43. The molecule has 5 heteroatoms. The Morgan fingerprint density at radius 1 is 1.50 bits per heavy atom. The van der Waals surface area contributed by atoms with Crippen molar-refractivity contribution in [2.24, 2.45) is 0 Å². The zero-order valence-corrected chi connectivity index (χ0v) is 10.9. The van der Waals surface area contributed by atoms with Gasteiger partial charge in [-0.2, -0.15) is 16.7 Å². The van der Waals surface area contributed by atoms with Gasteiger partial charge in [0.15, 0.2) is 0 Å². The minimum absolute atomic E-state index is 0.409. The number of nitrogens with zero attached hydrogens (tertiary/aromatic N) is 2. The molecule has 90 valence electrons. The summed E-state index contributed by atoms with van der Waals surface area (Å²) in [5, 5.41) is 3.31. The molecule has 1 unspecified atom stereocenters. The maximum absolute atomic E-state index is 5.33. The van der Waals surface area contributed by atoms with Gasteiger partial charge in [0.05, 0.1) is 6.61 Å². The van der Waals surface area contributed by atoms with Gasteiger partial charge in [-0.25, -0.2) is 4.98 Å². The number of ether oxygens (including phenoxy) is 1. The number of rotatable bonds is 7. The molecule has 0 spiro atoms. The molecule has 0 aliphatic heterocycles. The molecule has 1 aromatic heterocycles. The lowest BCUT2D eigenvalue weighted by molar-refractivity contribution is 0.326. The smallest absolute Gasteiger partial charge is 0.226 e. The number of thioether (sulfide) groups is 1. The van der Waals surface area contributed by atoms with Crippen LogP contribution in [0.2, 0.25) is 0 Å². The van der Waals surface area contributed by atoms with Crippen molar-refractivity contribution in [1.82, 2.24) is 9.97 Å². The molecule has 1 atom stereocenters. The van der Waals surface area contributed by atoms with E-state index in [0.717, 1.165) is 12.2 Å². The Balaban J connectivity index is 2.60. The quantitative estimate of drug-likeness (QED) is 0.794. The Hall–Kier alpha value is -0.970. The third kappa shape index (κ3) is 4.26. The van der Waals surface area contributed by atoms with Crippen LogP contribution >= 0.6 is 11.8 Å². The maximum Gasteiger partial charge on any atom is 0.226 e. The largest absolute Gasteiger partial charge is 0.478 e. The van der Waals surface area contributed by atoms with E-state index < -0.39 is 0 Å². The molecule has 4 nitrogen and oxygen atoms in total. The van der Waals surface area contributed by atoms with Gasteiger partial charge in [0.1, 0.15) is 0 Å². The lowest BCUT2D eigenvalue weighted by Crippen LogP contribution is -2.22. The SMILES string of the molecule is CCOc1ccnc(NC(CC)CSC)n1. The normalized spacial score (nSPS) is 12.2. The molecule has 0 saturated heterocycles. The monoisotopic (exact) mass is 241 g/mol. The summed E-state index contributed by atoms with van der Waals surface area (Å²) in [4.78, 5) is 8.46. The van der Waals surface area contributed by atoms with Crippen molar-refractivity contribution in [2.45, 2.75) is 26.3 Å². The van der Waals surface area contributed by atoms with Gasteiger partial charge in [-0.1, -0.05) is 6.92 Å². The molecule has 0 aromatic carbocycles. The second-order valence-electron chi connectivity index (χ2n) is 3.36. The van der Waals surface area contributed by atoms with E-state index >= 15 is 0 Å². The summed E-state index contributed by atoms with van der Waals surface area (Å²) in [6.45, 7) is 4.72. The molecular weight excluding hydrogens is 222 g/mol. The highest BCUT2D eigenvalue weighted by atomic mass is 32.2. The molecule has 16 heavy (non-hydrogen) atoms. The van der Waals surface area contributed by atoms with Crippen LogP contribution in [0.1, 0.15) is 20.3 Å². The van der Waals surface area contributed by atoms with Gasteiger partial charge >= 0.3 is 0 Å². The van der Waals surface area contributed by atoms with Gasteiger partial charge in [-0.15, -0.1) is 0 Å². The van der Waals surface area contributed by atoms with Crippen molar-refractivity contribution >= 4 is 17.7 Å². The van der Waals surface area contributed by atoms with Crippen LogP contribution in [0, 0.1) is 0 Å². The lowest BCUT2D eigenvalue weighted by atomic mass is 10.3. The number of hydrogen-bond donors (Lipinski definition) is 1.